The molecule has 2 aliphatic rings. The van der Waals surface area contributed by atoms with Crippen molar-refractivity contribution in [2.24, 2.45) is 11.3 Å². The Hall–Kier alpha value is -0.570. The molecular weight excluding hydrogens is 236 g/mol. The predicted molar refractivity (Wildman–Crippen MR) is 79.0 cm³/mol. The molecule has 2 heterocycles. The van der Waals surface area contributed by atoms with E-state index in [-0.39, 0.29) is 5.91 Å². The van der Waals surface area contributed by atoms with Crippen molar-refractivity contribution in [3.05, 3.63) is 0 Å². The monoisotopic (exact) mass is 266 g/mol. The van der Waals surface area contributed by atoms with Gasteiger partial charge in [-0.3, -0.25) is 4.79 Å². The quantitative estimate of drug-likeness (QED) is 0.821. The molecule has 3 unspecified atom stereocenters. The minimum atomic E-state index is 0.253. The number of amides is 1. The highest BCUT2D eigenvalue weighted by atomic mass is 16.1. The van der Waals surface area contributed by atoms with Crippen LogP contribution in [0.5, 0.6) is 0 Å². The van der Waals surface area contributed by atoms with Crippen LogP contribution in [0.15, 0.2) is 0 Å². The SMILES string of the molecule is CC(CC(=O)NC1CC2CCC(C1)N2)CC(C)(C)C. The average molecular weight is 266 g/mol. The van der Waals surface area contributed by atoms with E-state index in [1.165, 1.54) is 12.8 Å². The first-order valence-corrected chi connectivity index (χ1v) is 7.87. The van der Waals surface area contributed by atoms with Crippen LogP contribution in [0.4, 0.5) is 0 Å². The van der Waals surface area contributed by atoms with Gasteiger partial charge in [-0.25, -0.2) is 0 Å². The average Bonchev–Trinajstić information content (AvgIpc) is 2.54. The number of hydrogen-bond acceptors (Lipinski definition) is 2. The van der Waals surface area contributed by atoms with E-state index in [1.807, 2.05) is 0 Å². The molecule has 2 rings (SSSR count). The number of nitrogens with one attached hydrogen (secondary N) is 2. The highest BCUT2D eigenvalue weighted by Crippen LogP contribution is 2.28. The summed E-state index contributed by atoms with van der Waals surface area (Å²) in [5, 5.41) is 6.87. The Kier molecular flexibility index (Phi) is 4.54. The molecule has 3 nitrogen and oxygen atoms in total. The summed E-state index contributed by atoms with van der Waals surface area (Å²) in [6, 6.07) is 1.71. The molecule has 19 heavy (non-hydrogen) atoms. The van der Waals surface area contributed by atoms with Crippen LogP contribution >= 0.6 is 0 Å². The molecule has 0 aromatic rings. The van der Waals surface area contributed by atoms with Crippen LogP contribution in [0.3, 0.4) is 0 Å². The molecule has 3 heteroatoms. The first-order valence-electron chi connectivity index (χ1n) is 7.87. The third kappa shape index (κ3) is 4.79. The zero-order chi connectivity index (χ0) is 14.0. The lowest BCUT2D eigenvalue weighted by molar-refractivity contribution is -0.123. The van der Waals surface area contributed by atoms with E-state index in [1.54, 1.807) is 0 Å². The van der Waals surface area contributed by atoms with Gasteiger partial charge in [-0.1, -0.05) is 27.7 Å². The van der Waals surface area contributed by atoms with E-state index < -0.39 is 0 Å². The van der Waals surface area contributed by atoms with Crippen molar-refractivity contribution in [2.75, 3.05) is 0 Å². The fourth-order valence-electron chi connectivity index (χ4n) is 3.90. The smallest absolute Gasteiger partial charge is 0.220 e. The van der Waals surface area contributed by atoms with Crippen LogP contribution < -0.4 is 10.6 Å². The number of fused-ring (bicyclic) bond motifs is 2. The Morgan fingerprint density at radius 1 is 1.26 bits per heavy atom. The minimum absolute atomic E-state index is 0.253. The molecule has 0 spiro atoms. The zero-order valence-electron chi connectivity index (χ0n) is 13.0. The first-order chi connectivity index (χ1) is 8.82. The Morgan fingerprint density at radius 3 is 2.37 bits per heavy atom. The van der Waals surface area contributed by atoms with Crippen LogP contribution in [0.1, 0.15) is 66.2 Å². The summed E-state index contributed by atoms with van der Waals surface area (Å²) in [5.74, 6) is 0.724. The van der Waals surface area contributed by atoms with Crippen LogP contribution in [0.25, 0.3) is 0 Å². The second-order valence-corrected chi connectivity index (χ2v) is 7.95. The maximum Gasteiger partial charge on any atom is 0.220 e. The molecule has 0 saturated carbocycles. The van der Waals surface area contributed by atoms with Crippen molar-refractivity contribution in [2.45, 2.75) is 84.3 Å². The second kappa shape index (κ2) is 5.82. The van der Waals surface area contributed by atoms with Gasteiger partial charge in [0, 0.05) is 24.5 Å². The van der Waals surface area contributed by atoms with E-state index in [9.17, 15) is 4.79 Å². The van der Waals surface area contributed by atoms with Crippen molar-refractivity contribution < 1.29 is 4.79 Å². The molecule has 2 N–H and O–H groups in total. The molecule has 110 valence electrons. The molecule has 0 aromatic heterocycles. The molecule has 2 bridgehead atoms. The minimum Gasteiger partial charge on any atom is -0.353 e. The lowest BCUT2D eigenvalue weighted by Crippen LogP contribution is -2.48. The molecule has 2 aliphatic heterocycles. The third-order valence-electron chi connectivity index (χ3n) is 4.33. The van der Waals surface area contributed by atoms with E-state index in [4.69, 9.17) is 0 Å². The van der Waals surface area contributed by atoms with Crippen LogP contribution in [0.2, 0.25) is 0 Å². The number of piperidine rings is 1. The Labute approximate surface area is 117 Å². The predicted octanol–water partition coefficient (Wildman–Crippen LogP) is 2.85. The Bertz CT molecular complexity index is 309. The lowest BCUT2D eigenvalue weighted by Gasteiger charge is -2.30. The fourth-order valence-corrected chi connectivity index (χ4v) is 3.90. The Morgan fingerprint density at radius 2 is 1.84 bits per heavy atom. The summed E-state index contributed by atoms with van der Waals surface area (Å²) in [7, 11) is 0. The highest BCUT2D eigenvalue weighted by molar-refractivity contribution is 5.76. The van der Waals surface area contributed by atoms with Gasteiger partial charge in [-0.15, -0.1) is 0 Å². The normalized spacial score (nSPS) is 32.1. The van der Waals surface area contributed by atoms with Crippen LogP contribution in [0, 0.1) is 11.3 Å². The summed E-state index contributed by atoms with van der Waals surface area (Å²) < 4.78 is 0. The van der Waals surface area contributed by atoms with Crippen molar-refractivity contribution in [1.29, 1.82) is 0 Å². The zero-order valence-corrected chi connectivity index (χ0v) is 13.0. The van der Waals surface area contributed by atoms with E-state index in [2.05, 4.69) is 38.3 Å². The summed E-state index contributed by atoms with van der Waals surface area (Å²) in [5.41, 5.74) is 0.313. The molecular formula is C16H30N2O. The molecule has 0 aliphatic carbocycles. The first kappa shape index (κ1) is 14.8. The summed E-state index contributed by atoms with van der Waals surface area (Å²) in [6.07, 6.45) is 6.61. The topological polar surface area (TPSA) is 41.1 Å². The lowest BCUT2D eigenvalue weighted by atomic mass is 9.84. The number of hydrogen-bond donors (Lipinski definition) is 2. The van der Waals surface area contributed by atoms with Gasteiger partial charge in [0.1, 0.15) is 0 Å². The standard InChI is InChI=1S/C16H30N2O/c1-11(10-16(2,3)4)7-15(19)18-14-8-12-5-6-13(9-14)17-12/h11-14,17H,5-10H2,1-4H3,(H,18,19). The van der Waals surface area contributed by atoms with Gasteiger partial charge in [0.05, 0.1) is 0 Å². The van der Waals surface area contributed by atoms with Gasteiger partial charge in [-0.05, 0) is 43.4 Å². The Balaban J connectivity index is 1.72. The maximum atomic E-state index is 12.1. The van der Waals surface area contributed by atoms with Crippen LogP contribution in [-0.4, -0.2) is 24.0 Å². The highest BCUT2D eigenvalue weighted by Gasteiger charge is 2.34. The second-order valence-electron chi connectivity index (χ2n) is 7.95. The van der Waals surface area contributed by atoms with E-state index in [0.717, 1.165) is 19.3 Å². The number of rotatable bonds is 4. The summed E-state index contributed by atoms with van der Waals surface area (Å²) in [6.45, 7) is 8.92. The number of carbonyl (C=O) groups is 1. The van der Waals surface area contributed by atoms with Crippen molar-refractivity contribution >= 4 is 5.91 Å². The van der Waals surface area contributed by atoms with Gasteiger partial charge in [0.25, 0.3) is 0 Å². The largest absolute Gasteiger partial charge is 0.353 e. The molecule has 1 amide bonds. The van der Waals surface area contributed by atoms with E-state index >= 15 is 0 Å². The fraction of sp³-hybridized carbons (Fsp3) is 0.938. The third-order valence-corrected chi connectivity index (χ3v) is 4.33. The summed E-state index contributed by atoms with van der Waals surface area (Å²) in [4.78, 5) is 12.1. The van der Waals surface area contributed by atoms with Gasteiger partial charge in [-0.2, -0.15) is 0 Å². The van der Waals surface area contributed by atoms with Gasteiger partial charge < -0.3 is 10.6 Å². The number of carbonyl (C=O) groups excluding carboxylic acids is 1. The molecule has 0 radical (unpaired) electrons. The molecule has 2 saturated heterocycles. The maximum absolute atomic E-state index is 12.1. The van der Waals surface area contributed by atoms with E-state index in [0.29, 0.717) is 35.9 Å². The molecule has 2 fully saturated rings. The van der Waals surface area contributed by atoms with Crippen molar-refractivity contribution in [3.63, 3.8) is 0 Å². The van der Waals surface area contributed by atoms with Gasteiger partial charge in [0.2, 0.25) is 5.91 Å². The van der Waals surface area contributed by atoms with Crippen molar-refractivity contribution in [3.8, 4) is 0 Å². The van der Waals surface area contributed by atoms with Gasteiger partial charge >= 0.3 is 0 Å². The van der Waals surface area contributed by atoms with Crippen LogP contribution in [-0.2, 0) is 4.79 Å². The van der Waals surface area contributed by atoms with Crippen molar-refractivity contribution in [1.82, 2.24) is 10.6 Å². The van der Waals surface area contributed by atoms with Gasteiger partial charge in [0.15, 0.2) is 0 Å². The molecule has 0 aromatic carbocycles. The summed E-state index contributed by atoms with van der Waals surface area (Å²) >= 11 is 0. The molecule has 3 atom stereocenters.